The predicted octanol–water partition coefficient (Wildman–Crippen LogP) is 7.03. The van der Waals surface area contributed by atoms with Crippen molar-refractivity contribution in [1.82, 2.24) is 4.98 Å². The van der Waals surface area contributed by atoms with E-state index >= 15 is 0 Å². The second-order valence-electron chi connectivity index (χ2n) is 5.86. The number of benzene rings is 4. The average molecular weight is 390 g/mol. The van der Waals surface area contributed by atoms with Gasteiger partial charge in [-0.15, -0.1) is 11.3 Å². The molecule has 0 N–H and O–H groups in total. The molecule has 5 rings (SSSR count). The Labute approximate surface area is 151 Å². The van der Waals surface area contributed by atoms with Crippen molar-refractivity contribution in [2.24, 2.45) is 0 Å². The summed E-state index contributed by atoms with van der Waals surface area (Å²) in [7, 11) is 0. The molecule has 4 aromatic carbocycles. The molecule has 1 nitrogen and oxygen atoms in total. The highest BCUT2D eigenvalue weighted by molar-refractivity contribution is 9.10. The topological polar surface area (TPSA) is 12.9 Å². The van der Waals surface area contributed by atoms with Gasteiger partial charge in [0.2, 0.25) is 0 Å². The molecule has 114 valence electrons. The molecule has 0 bridgehead atoms. The Morgan fingerprint density at radius 1 is 0.750 bits per heavy atom. The number of hydrogen-bond donors (Lipinski definition) is 0. The Hall–Kier alpha value is -2.23. The third kappa shape index (κ3) is 2.24. The lowest BCUT2D eigenvalue weighted by molar-refractivity contribution is 1.49. The molecule has 0 aliphatic carbocycles. The van der Waals surface area contributed by atoms with Crippen LogP contribution in [0.4, 0.5) is 0 Å². The van der Waals surface area contributed by atoms with Crippen LogP contribution < -0.4 is 0 Å². The fraction of sp³-hybridized carbons (Fsp3) is 0. The van der Waals surface area contributed by atoms with Gasteiger partial charge in [-0.05, 0) is 40.4 Å². The smallest absolute Gasteiger partial charge is 0.124 e. The van der Waals surface area contributed by atoms with Gasteiger partial charge in [0.05, 0.1) is 10.2 Å². The van der Waals surface area contributed by atoms with Crippen molar-refractivity contribution < 1.29 is 0 Å². The van der Waals surface area contributed by atoms with Gasteiger partial charge in [0.1, 0.15) is 5.01 Å². The zero-order valence-electron chi connectivity index (χ0n) is 12.7. The summed E-state index contributed by atoms with van der Waals surface area (Å²) < 4.78 is 2.35. The van der Waals surface area contributed by atoms with Crippen molar-refractivity contribution >= 4 is 59.0 Å². The molecule has 24 heavy (non-hydrogen) atoms. The normalized spacial score (nSPS) is 11.5. The first-order valence-corrected chi connectivity index (χ1v) is 9.37. The zero-order valence-corrected chi connectivity index (χ0v) is 15.1. The summed E-state index contributed by atoms with van der Waals surface area (Å²) in [6, 6.07) is 25.7. The summed E-state index contributed by atoms with van der Waals surface area (Å²) in [5.74, 6) is 0. The van der Waals surface area contributed by atoms with Crippen LogP contribution in [0.2, 0.25) is 0 Å². The summed E-state index contributed by atoms with van der Waals surface area (Å²) in [4.78, 5) is 4.87. The number of nitrogens with zero attached hydrogens (tertiary/aromatic N) is 1. The summed E-state index contributed by atoms with van der Waals surface area (Å²) in [5.41, 5.74) is 2.24. The van der Waals surface area contributed by atoms with Crippen molar-refractivity contribution in [2.45, 2.75) is 0 Å². The number of thiazole rings is 1. The minimum Gasteiger partial charge on any atom is -0.236 e. The van der Waals surface area contributed by atoms with E-state index in [9.17, 15) is 0 Å². The maximum absolute atomic E-state index is 4.87. The molecule has 0 aliphatic rings. The van der Waals surface area contributed by atoms with Gasteiger partial charge < -0.3 is 0 Å². The maximum atomic E-state index is 4.87. The molecule has 0 fully saturated rings. The van der Waals surface area contributed by atoms with E-state index < -0.39 is 0 Å². The number of hydrogen-bond acceptors (Lipinski definition) is 2. The molecule has 0 aliphatic heterocycles. The molecule has 0 spiro atoms. The average Bonchev–Trinajstić information content (AvgIpc) is 3.06. The fourth-order valence-electron chi connectivity index (χ4n) is 3.12. The summed E-state index contributed by atoms with van der Waals surface area (Å²) >= 11 is 5.35. The van der Waals surface area contributed by atoms with Crippen molar-refractivity contribution in [3.05, 3.63) is 77.3 Å². The Kier molecular flexibility index (Phi) is 3.18. The van der Waals surface area contributed by atoms with Gasteiger partial charge in [-0.25, -0.2) is 4.98 Å². The number of rotatable bonds is 1. The Morgan fingerprint density at radius 2 is 1.54 bits per heavy atom. The number of fused-ring (bicyclic) bond motifs is 4. The molecular formula is C21H12BrNS. The third-order valence-corrected chi connectivity index (χ3v) is 5.98. The van der Waals surface area contributed by atoms with Crippen molar-refractivity contribution in [1.29, 1.82) is 0 Å². The lowest BCUT2D eigenvalue weighted by Gasteiger charge is -2.00. The first-order valence-electron chi connectivity index (χ1n) is 7.76. The molecule has 0 unspecified atom stereocenters. The second-order valence-corrected chi connectivity index (χ2v) is 7.77. The van der Waals surface area contributed by atoms with Crippen molar-refractivity contribution in [2.75, 3.05) is 0 Å². The van der Waals surface area contributed by atoms with E-state index in [4.69, 9.17) is 4.98 Å². The highest BCUT2D eigenvalue weighted by Crippen LogP contribution is 2.36. The van der Waals surface area contributed by atoms with Gasteiger partial charge in [-0.1, -0.05) is 64.5 Å². The van der Waals surface area contributed by atoms with Gasteiger partial charge in [0.25, 0.3) is 0 Å². The van der Waals surface area contributed by atoms with Gasteiger partial charge in [0.15, 0.2) is 0 Å². The molecule has 1 heterocycles. The Balaban J connectivity index is 1.76. The highest BCUT2D eigenvalue weighted by atomic mass is 79.9. The monoisotopic (exact) mass is 389 g/mol. The number of halogens is 1. The van der Waals surface area contributed by atoms with Crippen LogP contribution in [-0.4, -0.2) is 4.98 Å². The molecule has 0 amide bonds. The van der Waals surface area contributed by atoms with E-state index in [2.05, 4.69) is 88.7 Å². The van der Waals surface area contributed by atoms with Crippen LogP contribution in [0.15, 0.2) is 77.3 Å². The zero-order chi connectivity index (χ0) is 16.1. The fourth-order valence-corrected chi connectivity index (χ4v) is 4.57. The lowest BCUT2D eigenvalue weighted by atomic mass is 10.1. The summed E-state index contributed by atoms with van der Waals surface area (Å²) in [5, 5.41) is 6.09. The second kappa shape index (κ2) is 5.40. The summed E-state index contributed by atoms with van der Waals surface area (Å²) in [6.45, 7) is 0. The summed E-state index contributed by atoms with van der Waals surface area (Å²) in [6.07, 6.45) is 0. The molecule has 0 saturated heterocycles. The molecule has 3 heteroatoms. The van der Waals surface area contributed by atoms with E-state index in [1.54, 1.807) is 11.3 Å². The first kappa shape index (κ1) is 14.1. The van der Waals surface area contributed by atoms with Gasteiger partial charge in [-0.2, -0.15) is 0 Å². The molecule has 0 atom stereocenters. The van der Waals surface area contributed by atoms with Gasteiger partial charge in [-0.3, -0.25) is 0 Å². The molecule has 0 saturated carbocycles. The van der Waals surface area contributed by atoms with E-state index in [0.717, 1.165) is 15.0 Å². The quantitative estimate of drug-likeness (QED) is 0.299. The number of aromatic nitrogens is 1. The van der Waals surface area contributed by atoms with Crippen LogP contribution in [0, 0.1) is 0 Å². The van der Waals surface area contributed by atoms with E-state index in [1.165, 1.54) is 31.8 Å². The van der Waals surface area contributed by atoms with E-state index in [1.807, 2.05) is 0 Å². The minimum absolute atomic E-state index is 1.06. The molecule has 1 aromatic heterocycles. The van der Waals surface area contributed by atoms with Gasteiger partial charge in [0, 0.05) is 15.4 Å². The van der Waals surface area contributed by atoms with Crippen molar-refractivity contribution in [3.8, 4) is 10.6 Å². The van der Waals surface area contributed by atoms with Crippen LogP contribution in [0.3, 0.4) is 0 Å². The third-order valence-electron chi connectivity index (χ3n) is 4.33. The Morgan fingerprint density at radius 3 is 2.46 bits per heavy atom. The molecule has 0 radical (unpaired) electrons. The maximum Gasteiger partial charge on any atom is 0.124 e. The molecule has 5 aromatic rings. The van der Waals surface area contributed by atoms with Gasteiger partial charge >= 0.3 is 0 Å². The van der Waals surface area contributed by atoms with E-state index in [-0.39, 0.29) is 0 Å². The lowest BCUT2D eigenvalue weighted by Crippen LogP contribution is -1.77. The van der Waals surface area contributed by atoms with Crippen LogP contribution in [0.1, 0.15) is 0 Å². The SMILES string of the molecule is Brc1ccc2ccc3nc(-c4ccc5ccccc5c4)sc3c2c1. The predicted molar refractivity (Wildman–Crippen MR) is 108 cm³/mol. The Bertz CT molecular complexity index is 1220. The van der Waals surface area contributed by atoms with Crippen LogP contribution in [-0.2, 0) is 0 Å². The van der Waals surface area contributed by atoms with Crippen LogP contribution >= 0.6 is 27.3 Å². The standard InChI is InChI=1S/C21H12BrNS/c22-17-9-7-14-8-10-19-20(18(14)12-17)24-21(23-19)16-6-5-13-3-1-2-4-15(13)11-16/h1-12H. The molecular weight excluding hydrogens is 378 g/mol. The van der Waals surface area contributed by atoms with Crippen molar-refractivity contribution in [3.63, 3.8) is 0 Å². The van der Waals surface area contributed by atoms with Crippen LogP contribution in [0.25, 0.3) is 42.3 Å². The highest BCUT2D eigenvalue weighted by Gasteiger charge is 2.10. The van der Waals surface area contributed by atoms with E-state index in [0.29, 0.717) is 0 Å². The largest absolute Gasteiger partial charge is 0.236 e. The van der Waals surface area contributed by atoms with Crippen LogP contribution in [0.5, 0.6) is 0 Å². The first-order chi connectivity index (χ1) is 11.8. The minimum atomic E-state index is 1.06.